The summed E-state index contributed by atoms with van der Waals surface area (Å²) < 4.78 is 6.12. The van der Waals surface area contributed by atoms with Gasteiger partial charge in [0.15, 0.2) is 0 Å². The molecule has 0 unspecified atom stereocenters. The largest absolute Gasteiger partial charge is 0.459 e. The molecule has 21 heavy (non-hydrogen) atoms. The van der Waals surface area contributed by atoms with Gasteiger partial charge in [-0.1, -0.05) is 40.7 Å². The summed E-state index contributed by atoms with van der Waals surface area (Å²) in [6.45, 7) is 13.1. The van der Waals surface area contributed by atoms with E-state index in [1.807, 2.05) is 0 Å². The number of nitrogens with one attached hydrogen (secondary N) is 1. The molecule has 0 radical (unpaired) electrons. The Kier molecular flexibility index (Phi) is 5.46. The Morgan fingerprint density at radius 2 is 1.90 bits per heavy atom. The van der Waals surface area contributed by atoms with E-state index in [-0.39, 0.29) is 0 Å². The predicted molar refractivity (Wildman–Crippen MR) is 90.8 cm³/mol. The van der Waals surface area contributed by atoms with Gasteiger partial charge in [0.05, 0.1) is 6.54 Å². The summed E-state index contributed by atoms with van der Waals surface area (Å²) in [4.78, 5) is 0. The minimum Gasteiger partial charge on any atom is -0.459 e. The van der Waals surface area contributed by atoms with Crippen LogP contribution in [0.25, 0.3) is 11.0 Å². The summed E-state index contributed by atoms with van der Waals surface area (Å²) in [7, 11) is 0. The molecule has 1 aromatic carbocycles. The second-order valence-electron chi connectivity index (χ2n) is 6.69. The second kappa shape index (κ2) is 7.13. The van der Waals surface area contributed by atoms with Crippen LogP contribution in [0.1, 0.15) is 63.8 Å². The fourth-order valence-electron chi connectivity index (χ4n) is 2.73. The van der Waals surface area contributed by atoms with E-state index in [4.69, 9.17) is 4.42 Å². The van der Waals surface area contributed by atoms with Gasteiger partial charge >= 0.3 is 0 Å². The zero-order valence-corrected chi connectivity index (χ0v) is 14.1. The smallest absolute Gasteiger partial charge is 0.134 e. The SMILES string of the molecule is CCCNCc1oc2ccc(C(C)C)cc2c1CC(C)C. The summed E-state index contributed by atoms with van der Waals surface area (Å²) in [5, 5.41) is 4.78. The number of hydrogen-bond acceptors (Lipinski definition) is 2. The lowest BCUT2D eigenvalue weighted by atomic mass is 9.96. The number of fused-ring (bicyclic) bond motifs is 1. The number of benzene rings is 1. The summed E-state index contributed by atoms with van der Waals surface area (Å²) in [6.07, 6.45) is 2.23. The molecule has 0 aliphatic carbocycles. The molecule has 1 aromatic heterocycles. The van der Waals surface area contributed by atoms with Crippen molar-refractivity contribution in [3.05, 3.63) is 35.1 Å². The molecule has 0 aliphatic rings. The zero-order chi connectivity index (χ0) is 15.4. The standard InChI is InChI=1S/C19H29NO/c1-6-9-20-12-19-16(10-13(2)3)17-11-15(14(4)5)7-8-18(17)21-19/h7-8,11,13-14,20H,6,9-10,12H2,1-5H3. The molecule has 0 saturated heterocycles. The van der Waals surface area contributed by atoms with Crippen LogP contribution in [0.4, 0.5) is 0 Å². The lowest BCUT2D eigenvalue weighted by Crippen LogP contribution is -2.14. The minimum atomic E-state index is 0.554. The van der Waals surface area contributed by atoms with Crippen molar-refractivity contribution in [1.82, 2.24) is 5.32 Å². The maximum atomic E-state index is 6.12. The van der Waals surface area contributed by atoms with Gasteiger partial charge in [-0.15, -0.1) is 0 Å². The summed E-state index contributed by atoms with van der Waals surface area (Å²) in [5.41, 5.74) is 3.82. The highest BCUT2D eigenvalue weighted by Crippen LogP contribution is 2.31. The monoisotopic (exact) mass is 287 g/mol. The molecule has 2 rings (SSSR count). The molecular formula is C19H29NO. The van der Waals surface area contributed by atoms with Crippen LogP contribution in [0.3, 0.4) is 0 Å². The van der Waals surface area contributed by atoms with E-state index in [0.717, 1.165) is 37.3 Å². The van der Waals surface area contributed by atoms with Crippen LogP contribution in [0, 0.1) is 5.92 Å². The first kappa shape index (κ1) is 16.1. The van der Waals surface area contributed by atoms with Crippen molar-refractivity contribution in [1.29, 1.82) is 0 Å². The van der Waals surface area contributed by atoms with E-state index in [1.165, 1.54) is 16.5 Å². The topological polar surface area (TPSA) is 25.2 Å². The number of furan rings is 1. The van der Waals surface area contributed by atoms with E-state index >= 15 is 0 Å². The molecule has 0 bridgehead atoms. The fraction of sp³-hybridized carbons (Fsp3) is 0.579. The summed E-state index contributed by atoms with van der Waals surface area (Å²) >= 11 is 0. The fourth-order valence-corrected chi connectivity index (χ4v) is 2.73. The second-order valence-corrected chi connectivity index (χ2v) is 6.69. The van der Waals surface area contributed by atoms with Gasteiger partial charge in [-0.25, -0.2) is 0 Å². The minimum absolute atomic E-state index is 0.554. The van der Waals surface area contributed by atoms with Gasteiger partial charge in [-0.05, 0) is 48.9 Å². The highest BCUT2D eigenvalue weighted by molar-refractivity contribution is 5.83. The van der Waals surface area contributed by atoms with Gasteiger partial charge in [0, 0.05) is 10.9 Å². The predicted octanol–water partition coefficient (Wildman–Crippen LogP) is 5.25. The molecule has 116 valence electrons. The van der Waals surface area contributed by atoms with E-state index in [0.29, 0.717) is 11.8 Å². The Hall–Kier alpha value is -1.28. The van der Waals surface area contributed by atoms with Crippen LogP contribution >= 0.6 is 0 Å². The molecule has 0 atom stereocenters. The van der Waals surface area contributed by atoms with Crippen molar-refractivity contribution in [2.24, 2.45) is 5.92 Å². The Morgan fingerprint density at radius 1 is 1.14 bits per heavy atom. The zero-order valence-electron chi connectivity index (χ0n) is 14.1. The van der Waals surface area contributed by atoms with E-state index in [9.17, 15) is 0 Å². The quantitative estimate of drug-likeness (QED) is 0.703. The maximum Gasteiger partial charge on any atom is 0.134 e. The maximum absolute atomic E-state index is 6.12. The molecule has 2 aromatic rings. The van der Waals surface area contributed by atoms with E-state index in [1.54, 1.807) is 0 Å². The third kappa shape index (κ3) is 3.88. The number of hydrogen-bond donors (Lipinski definition) is 1. The van der Waals surface area contributed by atoms with Crippen LogP contribution in [-0.4, -0.2) is 6.54 Å². The van der Waals surface area contributed by atoms with E-state index in [2.05, 4.69) is 58.1 Å². The van der Waals surface area contributed by atoms with Gasteiger partial charge in [0.25, 0.3) is 0 Å². The van der Waals surface area contributed by atoms with Gasteiger partial charge in [-0.3, -0.25) is 0 Å². The van der Waals surface area contributed by atoms with Gasteiger partial charge in [0.1, 0.15) is 11.3 Å². The first-order valence-electron chi connectivity index (χ1n) is 8.27. The highest BCUT2D eigenvalue weighted by Gasteiger charge is 2.16. The van der Waals surface area contributed by atoms with Crippen LogP contribution in [-0.2, 0) is 13.0 Å². The van der Waals surface area contributed by atoms with Gasteiger partial charge in [-0.2, -0.15) is 0 Å². The summed E-state index contributed by atoms with van der Waals surface area (Å²) in [6, 6.07) is 6.65. The summed E-state index contributed by atoms with van der Waals surface area (Å²) in [5.74, 6) is 2.31. The normalized spacial score (nSPS) is 12.0. The molecule has 0 saturated carbocycles. The van der Waals surface area contributed by atoms with Crippen LogP contribution < -0.4 is 5.32 Å². The Bertz CT molecular complexity index is 581. The van der Waals surface area contributed by atoms with Gasteiger partial charge < -0.3 is 9.73 Å². The molecular weight excluding hydrogens is 258 g/mol. The third-order valence-electron chi connectivity index (χ3n) is 3.89. The molecule has 1 heterocycles. The molecule has 0 amide bonds. The molecule has 1 N–H and O–H groups in total. The molecule has 2 nitrogen and oxygen atoms in total. The highest BCUT2D eigenvalue weighted by atomic mass is 16.3. The first-order chi connectivity index (χ1) is 10.0. The Labute approximate surface area is 128 Å². The Balaban J connectivity index is 2.41. The lowest BCUT2D eigenvalue weighted by Gasteiger charge is -2.08. The van der Waals surface area contributed by atoms with Crippen molar-refractivity contribution in [3.63, 3.8) is 0 Å². The van der Waals surface area contributed by atoms with E-state index < -0.39 is 0 Å². The lowest BCUT2D eigenvalue weighted by molar-refractivity contribution is 0.501. The molecule has 0 aliphatic heterocycles. The van der Waals surface area contributed by atoms with Crippen LogP contribution in [0.2, 0.25) is 0 Å². The molecule has 2 heteroatoms. The van der Waals surface area contributed by atoms with Gasteiger partial charge in [0.2, 0.25) is 0 Å². The van der Waals surface area contributed by atoms with Crippen LogP contribution in [0.15, 0.2) is 22.6 Å². The molecule has 0 fully saturated rings. The van der Waals surface area contributed by atoms with Crippen molar-refractivity contribution in [2.45, 2.75) is 59.9 Å². The average Bonchev–Trinajstić information content (AvgIpc) is 2.76. The average molecular weight is 287 g/mol. The van der Waals surface area contributed by atoms with Crippen molar-refractivity contribution < 1.29 is 4.42 Å². The van der Waals surface area contributed by atoms with Crippen LogP contribution in [0.5, 0.6) is 0 Å². The Morgan fingerprint density at radius 3 is 2.52 bits per heavy atom. The van der Waals surface area contributed by atoms with Crippen molar-refractivity contribution in [3.8, 4) is 0 Å². The van der Waals surface area contributed by atoms with Crippen molar-refractivity contribution in [2.75, 3.05) is 6.54 Å². The first-order valence-corrected chi connectivity index (χ1v) is 8.27. The number of rotatable bonds is 7. The van der Waals surface area contributed by atoms with Crippen molar-refractivity contribution >= 4 is 11.0 Å². The molecule has 0 spiro atoms. The third-order valence-corrected chi connectivity index (χ3v) is 3.89.